The first-order valence-corrected chi connectivity index (χ1v) is 8.56. The van der Waals surface area contributed by atoms with Gasteiger partial charge >= 0.3 is 7.12 Å². The molecule has 0 aromatic heterocycles. The molecule has 1 fully saturated rings. The predicted molar refractivity (Wildman–Crippen MR) is 97.2 cm³/mol. The summed E-state index contributed by atoms with van der Waals surface area (Å²) in [5.74, 6) is -0.428. The van der Waals surface area contributed by atoms with Crippen LogP contribution in [0.2, 0.25) is 0 Å². The van der Waals surface area contributed by atoms with Crippen molar-refractivity contribution in [2.75, 3.05) is 0 Å². The molecule has 0 spiro atoms. The highest BCUT2D eigenvalue weighted by Gasteiger charge is 2.52. The third-order valence-corrected chi connectivity index (χ3v) is 5.19. The summed E-state index contributed by atoms with van der Waals surface area (Å²) in [6.45, 7) is 7.73. The van der Waals surface area contributed by atoms with E-state index in [0.717, 1.165) is 5.56 Å². The second kappa shape index (κ2) is 6.56. The fourth-order valence-electron chi connectivity index (χ4n) is 2.87. The minimum absolute atomic E-state index is 0.356. The van der Waals surface area contributed by atoms with Crippen molar-refractivity contribution >= 4 is 12.6 Å². The van der Waals surface area contributed by atoms with Gasteiger partial charge in [-0.25, -0.2) is 4.39 Å². The quantitative estimate of drug-likeness (QED) is 0.866. The zero-order valence-electron chi connectivity index (χ0n) is 15.1. The van der Waals surface area contributed by atoms with Crippen LogP contribution in [0.15, 0.2) is 48.5 Å². The maximum Gasteiger partial charge on any atom is 0.497 e. The van der Waals surface area contributed by atoms with E-state index in [4.69, 9.17) is 9.31 Å². The summed E-state index contributed by atoms with van der Waals surface area (Å²) in [4.78, 5) is 0. The van der Waals surface area contributed by atoms with Crippen molar-refractivity contribution in [1.29, 1.82) is 0 Å². The van der Waals surface area contributed by atoms with Gasteiger partial charge in [0.05, 0.1) is 17.3 Å². The van der Waals surface area contributed by atoms with E-state index in [1.807, 2.05) is 58.0 Å². The highest BCUT2D eigenvalue weighted by molar-refractivity contribution is 6.62. The molecule has 2 aromatic carbocycles. The topological polar surface area (TPSA) is 38.7 Å². The number of hydrogen-bond acceptors (Lipinski definition) is 3. The Morgan fingerprint density at radius 1 is 1.00 bits per heavy atom. The van der Waals surface area contributed by atoms with Crippen LogP contribution in [0.4, 0.5) is 4.39 Å². The van der Waals surface area contributed by atoms with Crippen LogP contribution in [0.1, 0.15) is 44.9 Å². The molecule has 3 rings (SSSR count). The van der Waals surface area contributed by atoms with Crippen LogP contribution in [0.25, 0.3) is 0 Å². The van der Waals surface area contributed by atoms with E-state index in [0.29, 0.717) is 17.4 Å². The van der Waals surface area contributed by atoms with Gasteiger partial charge in [-0.3, -0.25) is 0 Å². The van der Waals surface area contributed by atoms with Crippen molar-refractivity contribution in [2.24, 2.45) is 0 Å². The van der Waals surface area contributed by atoms with Crippen LogP contribution in [0.3, 0.4) is 0 Å². The first kappa shape index (κ1) is 18.1. The molecule has 25 heavy (non-hydrogen) atoms. The molecule has 1 N–H and O–H groups in total. The lowest BCUT2D eigenvalue weighted by molar-refractivity contribution is 0.00578. The van der Waals surface area contributed by atoms with Crippen LogP contribution in [0.5, 0.6) is 0 Å². The Bertz CT molecular complexity index is 730. The van der Waals surface area contributed by atoms with Crippen LogP contribution >= 0.6 is 0 Å². The van der Waals surface area contributed by atoms with Gasteiger partial charge in [0.1, 0.15) is 5.82 Å². The van der Waals surface area contributed by atoms with E-state index in [1.165, 1.54) is 6.07 Å². The Balaban J connectivity index is 1.78. The highest BCUT2D eigenvalue weighted by atomic mass is 19.1. The van der Waals surface area contributed by atoms with Gasteiger partial charge in [-0.2, -0.15) is 0 Å². The van der Waals surface area contributed by atoms with Crippen molar-refractivity contribution in [2.45, 2.75) is 51.4 Å². The largest absolute Gasteiger partial charge is 0.497 e. The van der Waals surface area contributed by atoms with E-state index >= 15 is 0 Å². The summed E-state index contributed by atoms with van der Waals surface area (Å²) >= 11 is 0. The van der Waals surface area contributed by atoms with E-state index < -0.39 is 30.2 Å². The van der Waals surface area contributed by atoms with E-state index in [1.54, 1.807) is 12.1 Å². The van der Waals surface area contributed by atoms with Gasteiger partial charge in [-0.05, 0) is 44.9 Å². The number of aliphatic hydroxyl groups excluding tert-OH is 1. The molecule has 0 saturated carbocycles. The molecule has 1 heterocycles. The normalized spacial score (nSPS) is 19.8. The summed E-state index contributed by atoms with van der Waals surface area (Å²) in [6.07, 6.45) is -0.319. The van der Waals surface area contributed by atoms with E-state index in [2.05, 4.69) is 0 Å². The zero-order valence-corrected chi connectivity index (χ0v) is 15.1. The third kappa shape index (κ3) is 3.64. The first-order valence-electron chi connectivity index (χ1n) is 8.56. The van der Waals surface area contributed by atoms with Crippen molar-refractivity contribution in [3.63, 3.8) is 0 Å². The summed E-state index contributed by atoms with van der Waals surface area (Å²) in [6, 6.07) is 14.4. The molecule has 0 aliphatic carbocycles. The minimum atomic E-state index is -0.760. The Kier molecular flexibility index (Phi) is 4.75. The molecule has 1 unspecified atom stereocenters. The predicted octanol–water partition coefficient (Wildman–Crippen LogP) is 3.40. The standard InChI is InChI=1S/C20H24BFO3/c1-19(2)20(3,4)25-21(24-19)16-11-10-15(13-17(16)22)18(23)12-14-8-6-5-7-9-14/h5-11,13,18,23H,12H2,1-4H3. The average molecular weight is 342 g/mol. The maximum absolute atomic E-state index is 14.6. The molecule has 1 atom stereocenters. The van der Waals surface area contributed by atoms with Gasteiger partial charge in [0.25, 0.3) is 0 Å². The molecule has 1 saturated heterocycles. The van der Waals surface area contributed by atoms with Crippen molar-refractivity contribution < 1.29 is 18.8 Å². The van der Waals surface area contributed by atoms with E-state index in [-0.39, 0.29) is 0 Å². The molecule has 0 amide bonds. The summed E-state index contributed by atoms with van der Waals surface area (Å²) in [5.41, 5.74) is 0.868. The lowest BCUT2D eigenvalue weighted by atomic mass is 9.78. The van der Waals surface area contributed by atoms with Crippen molar-refractivity contribution in [3.05, 3.63) is 65.5 Å². The monoisotopic (exact) mass is 342 g/mol. The Morgan fingerprint density at radius 2 is 1.60 bits per heavy atom. The lowest BCUT2D eigenvalue weighted by Gasteiger charge is -2.32. The fraction of sp³-hybridized carbons (Fsp3) is 0.400. The Hall–Kier alpha value is -1.69. The van der Waals surface area contributed by atoms with E-state index in [9.17, 15) is 9.50 Å². The van der Waals surface area contributed by atoms with Gasteiger partial charge in [0, 0.05) is 11.9 Å². The molecule has 3 nitrogen and oxygen atoms in total. The van der Waals surface area contributed by atoms with Crippen LogP contribution in [0, 0.1) is 5.82 Å². The van der Waals surface area contributed by atoms with Gasteiger partial charge in [0.15, 0.2) is 0 Å². The van der Waals surface area contributed by atoms with Gasteiger partial charge < -0.3 is 14.4 Å². The maximum atomic E-state index is 14.6. The van der Waals surface area contributed by atoms with Gasteiger partial charge in [-0.1, -0.05) is 42.5 Å². The molecular formula is C20H24BFO3. The summed E-state index contributed by atoms with van der Waals surface area (Å²) in [7, 11) is -0.745. The smallest absolute Gasteiger partial charge is 0.399 e. The molecule has 0 radical (unpaired) electrons. The number of aliphatic hydroxyl groups is 1. The van der Waals surface area contributed by atoms with Crippen molar-refractivity contribution in [1.82, 2.24) is 0 Å². The highest BCUT2D eigenvalue weighted by Crippen LogP contribution is 2.36. The van der Waals surface area contributed by atoms with Crippen LogP contribution in [-0.2, 0) is 15.7 Å². The lowest BCUT2D eigenvalue weighted by Crippen LogP contribution is -2.41. The molecule has 2 aromatic rings. The molecule has 5 heteroatoms. The zero-order chi connectivity index (χ0) is 18.2. The number of benzene rings is 2. The molecule has 1 aliphatic heterocycles. The molecule has 132 valence electrons. The van der Waals surface area contributed by atoms with Crippen molar-refractivity contribution in [3.8, 4) is 0 Å². The van der Waals surface area contributed by atoms with Crippen LogP contribution < -0.4 is 5.46 Å². The second-order valence-corrected chi connectivity index (χ2v) is 7.57. The summed E-state index contributed by atoms with van der Waals surface area (Å²) < 4.78 is 26.4. The van der Waals surface area contributed by atoms with Gasteiger partial charge in [0.2, 0.25) is 0 Å². The number of halogens is 1. The first-order chi connectivity index (χ1) is 11.7. The second-order valence-electron chi connectivity index (χ2n) is 7.57. The number of hydrogen-bond donors (Lipinski definition) is 1. The Morgan fingerprint density at radius 3 is 2.16 bits per heavy atom. The minimum Gasteiger partial charge on any atom is -0.399 e. The fourth-order valence-corrected chi connectivity index (χ4v) is 2.87. The summed E-state index contributed by atoms with van der Waals surface area (Å²) in [5, 5.41) is 10.4. The molecular weight excluding hydrogens is 318 g/mol. The average Bonchev–Trinajstić information content (AvgIpc) is 2.76. The van der Waals surface area contributed by atoms with Crippen LogP contribution in [-0.4, -0.2) is 23.4 Å². The van der Waals surface area contributed by atoms with Gasteiger partial charge in [-0.15, -0.1) is 0 Å². The molecule has 0 bridgehead atoms. The Labute approximate surface area is 148 Å². The third-order valence-electron chi connectivity index (χ3n) is 5.19. The molecule has 1 aliphatic rings. The number of rotatable bonds is 4. The SMILES string of the molecule is CC1(C)OB(c2ccc(C(O)Cc3ccccc3)cc2F)OC1(C)C.